The molecule has 0 unspecified atom stereocenters. The van der Waals surface area contributed by atoms with Gasteiger partial charge in [0.25, 0.3) is 5.91 Å². The lowest BCUT2D eigenvalue weighted by atomic mass is 10.1. The van der Waals surface area contributed by atoms with E-state index in [1.165, 1.54) is 12.1 Å². The van der Waals surface area contributed by atoms with Gasteiger partial charge in [0.15, 0.2) is 6.10 Å². The van der Waals surface area contributed by atoms with Crippen LogP contribution in [-0.2, 0) is 9.53 Å². The Hall–Kier alpha value is -1.79. The molecule has 1 rings (SSSR count). The number of benzene rings is 1. The summed E-state index contributed by atoms with van der Waals surface area (Å²) in [7, 11) is 0. The minimum absolute atomic E-state index is 0.0432. The zero-order valence-corrected chi connectivity index (χ0v) is 12.9. The highest BCUT2D eigenvalue weighted by Crippen LogP contribution is 2.26. The molecular weight excluding hydrogens is 319 g/mol. The number of ether oxygens (including phenoxy) is 1. The fourth-order valence-electron chi connectivity index (χ4n) is 1.55. The van der Waals surface area contributed by atoms with E-state index >= 15 is 0 Å². The molecule has 0 aliphatic heterocycles. The maximum Gasteiger partial charge on any atom is 0.341 e. The monoisotopic (exact) mass is 332 g/mol. The van der Waals surface area contributed by atoms with Gasteiger partial charge in [-0.1, -0.05) is 43.1 Å². The number of hydrogen-bond acceptors (Lipinski definition) is 4. The summed E-state index contributed by atoms with van der Waals surface area (Å²) in [6, 6.07) is 3.48. The number of primary amides is 1. The van der Waals surface area contributed by atoms with Crippen molar-refractivity contribution in [2.75, 3.05) is 0 Å². The SMILES string of the molecule is CC(C)[C@@H](OC(=O)c1c(Cl)cccc1Cl)C(=O)NC(N)=O. The summed E-state index contributed by atoms with van der Waals surface area (Å²) in [5, 5.41) is 2.07. The van der Waals surface area contributed by atoms with E-state index in [1.807, 2.05) is 5.32 Å². The number of carbonyl (C=O) groups excluding carboxylic acids is 3. The molecule has 0 fully saturated rings. The topological polar surface area (TPSA) is 98.5 Å². The first kappa shape index (κ1) is 17.3. The van der Waals surface area contributed by atoms with E-state index in [-0.39, 0.29) is 21.5 Å². The molecule has 0 radical (unpaired) electrons. The van der Waals surface area contributed by atoms with Crippen molar-refractivity contribution >= 4 is 41.1 Å². The van der Waals surface area contributed by atoms with E-state index < -0.39 is 24.0 Å². The lowest BCUT2D eigenvalue weighted by Crippen LogP contribution is -2.45. The molecule has 0 aliphatic rings. The highest BCUT2D eigenvalue weighted by Gasteiger charge is 2.29. The molecular formula is C13H14Cl2N2O4. The molecule has 3 amide bonds. The van der Waals surface area contributed by atoms with Crippen molar-refractivity contribution < 1.29 is 19.1 Å². The number of halogens is 2. The van der Waals surface area contributed by atoms with Gasteiger partial charge in [0.2, 0.25) is 0 Å². The minimum atomic E-state index is -1.20. The van der Waals surface area contributed by atoms with Crippen LogP contribution < -0.4 is 11.1 Å². The Morgan fingerprint density at radius 1 is 1.19 bits per heavy atom. The van der Waals surface area contributed by atoms with E-state index in [1.54, 1.807) is 19.9 Å². The second kappa shape index (κ2) is 7.28. The maximum atomic E-state index is 12.1. The van der Waals surface area contributed by atoms with Gasteiger partial charge >= 0.3 is 12.0 Å². The first-order valence-electron chi connectivity index (χ1n) is 5.99. The molecule has 1 aromatic carbocycles. The Morgan fingerprint density at radius 3 is 2.14 bits per heavy atom. The molecule has 0 aliphatic carbocycles. The number of rotatable bonds is 4. The molecule has 0 spiro atoms. The van der Waals surface area contributed by atoms with Crippen LogP contribution in [0.25, 0.3) is 0 Å². The molecule has 114 valence electrons. The minimum Gasteiger partial charge on any atom is -0.448 e. The molecule has 21 heavy (non-hydrogen) atoms. The Balaban J connectivity index is 2.97. The standard InChI is InChI=1S/C13H14Cl2N2O4/c1-6(2)10(11(18)17-13(16)20)21-12(19)9-7(14)4-3-5-8(9)15/h3-6,10H,1-2H3,(H3,16,17,18,20)/t10-/m1/s1. The zero-order valence-electron chi connectivity index (χ0n) is 11.4. The molecule has 6 nitrogen and oxygen atoms in total. The summed E-state index contributed by atoms with van der Waals surface area (Å²) >= 11 is 11.8. The van der Waals surface area contributed by atoms with Gasteiger partial charge in [0.05, 0.1) is 15.6 Å². The highest BCUT2D eigenvalue weighted by atomic mass is 35.5. The molecule has 1 atom stereocenters. The normalized spacial score (nSPS) is 11.9. The van der Waals surface area contributed by atoms with Crippen LogP contribution in [0.3, 0.4) is 0 Å². The average Bonchev–Trinajstić information content (AvgIpc) is 2.34. The van der Waals surface area contributed by atoms with Gasteiger partial charge in [-0.05, 0) is 18.1 Å². The molecule has 1 aromatic rings. The molecule has 0 saturated heterocycles. The second-order valence-electron chi connectivity index (χ2n) is 4.52. The number of esters is 1. The van der Waals surface area contributed by atoms with Crippen molar-refractivity contribution in [3.8, 4) is 0 Å². The highest BCUT2D eigenvalue weighted by molar-refractivity contribution is 6.39. The number of imide groups is 1. The fraction of sp³-hybridized carbons (Fsp3) is 0.308. The predicted molar refractivity (Wildman–Crippen MR) is 78.2 cm³/mol. The second-order valence-corrected chi connectivity index (χ2v) is 5.33. The van der Waals surface area contributed by atoms with Crippen LogP contribution in [-0.4, -0.2) is 24.0 Å². The van der Waals surface area contributed by atoms with Crippen LogP contribution in [0.15, 0.2) is 18.2 Å². The Labute approximate surface area is 131 Å². The van der Waals surface area contributed by atoms with E-state index in [9.17, 15) is 14.4 Å². The lowest BCUT2D eigenvalue weighted by Gasteiger charge is -2.20. The summed E-state index contributed by atoms with van der Waals surface area (Å²) < 4.78 is 5.09. The summed E-state index contributed by atoms with van der Waals surface area (Å²) in [5.41, 5.74) is 4.82. The van der Waals surface area contributed by atoms with Gasteiger partial charge in [0, 0.05) is 0 Å². The smallest absolute Gasteiger partial charge is 0.341 e. The maximum absolute atomic E-state index is 12.1. The van der Waals surface area contributed by atoms with Crippen molar-refractivity contribution in [2.24, 2.45) is 11.7 Å². The summed E-state index contributed by atoms with van der Waals surface area (Å²) in [6.07, 6.45) is -1.20. The van der Waals surface area contributed by atoms with Crippen LogP contribution in [0, 0.1) is 5.92 Å². The van der Waals surface area contributed by atoms with Crippen molar-refractivity contribution in [3.05, 3.63) is 33.8 Å². The molecule has 0 bridgehead atoms. The van der Waals surface area contributed by atoms with Crippen molar-refractivity contribution in [1.29, 1.82) is 0 Å². The summed E-state index contributed by atoms with van der Waals surface area (Å²) in [6.45, 7) is 3.29. The van der Waals surface area contributed by atoms with Gasteiger partial charge in [-0.3, -0.25) is 10.1 Å². The van der Waals surface area contributed by atoms with E-state index in [4.69, 9.17) is 33.7 Å². The summed E-state index contributed by atoms with van der Waals surface area (Å²) in [4.78, 5) is 34.6. The number of nitrogens with one attached hydrogen (secondary N) is 1. The van der Waals surface area contributed by atoms with Gasteiger partial charge in [0.1, 0.15) is 0 Å². The van der Waals surface area contributed by atoms with E-state index in [0.717, 1.165) is 0 Å². The van der Waals surface area contributed by atoms with Crippen LogP contribution in [0.5, 0.6) is 0 Å². The molecule has 8 heteroatoms. The largest absolute Gasteiger partial charge is 0.448 e. The molecule has 3 N–H and O–H groups in total. The number of hydrogen-bond donors (Lipinski definition) is 2. The quantitative estimate of drug-likeness (QED) is 0.827. The first-order chi connectivity index (χ1) is 9.73. The van der Waals surface area contributed by atoms with Crippen molar-refractivity contribution in [1.82, 2.24) is 5.32 Å². The van der Waals surface area contributed by atoms with Crippen molar-refractivity contribution in [3.63, 3.8) is 0 Å². The third-order valence-corrected chi connectivity index (χ3v) is 3.14. The first-order valence-corrected chi connectivity index (χ1v) is 6.75. The third-order valence-electron chi connectivity index (χ3n) is 2.51. The van der Waals surface area contributed by atoms with E-state index in [2.05, 4.69) is 0 Å². The Kier molecular flexibility index (Phi) is 5.99. The third kappa shape index (κ3) is 4.61. The number of carbonyl (C=O) groups is 3. The Bertz CT molecular complexity index is 555. The van der Waals surface area contributed by atoms with Gasteiger partial charge in [-0.25, -0.2) is 9.59 Å². The van der Waals surface area contributed by atoms with Crippen molar-refractivity contribution in [2.45, 2.75) is 20.0 Å². The fourth-order valence-corrected chi connectivity index (χ4v) is 2.10. The van der Waals surface area contributed by atoms with E-state index in [0.29, 0.717) is 0 Å². The number of urea groups is 1. The Morgan fingerprint density at radius 2 is 1.71 bits per heavy atom. The zero-order chi connectivity index (χ0) is 16.2. The lowest BCUT2D eigenvalue weighted by molar-refractivity contribution is -0.130. The van der Waals surface area contributed by atoms with Crippen LogP contribution in [0.2, 0.25) is 10.0 Å². The van der Waals surface area contributed by atoms with Crippen LogP contribution in [0.1, 0.15) is 24.2 Å². The number of amides is 3. The average molecular weight is 333 g/mol. The van der Waals surface area contributed by atoms with Crippen LogP contribution >= 0.6 is 23.2 Å². The molecule has 0 aromatic heterocycles. The number of nitrogens with two attached hydrogens (primary N) is 1. The van der Waals surface area contributed by atoms with Gasteiger partial charge in [-0.15, -0.1) is 0 Å². The van der Waals surface area contributed by atoms with Gasteiger partial charge in [-0.2, -0.15) is 0 Å². The van der Waals surface area contributed by atoms with Crippen LogP contribution in [0.4, 0.5) is 4.79 Å². The molecule has 0 heterocycles. The molecule has 0 saturated carbocycles. The van der Waals surface area contributed by atoms with Gasteiger partial charge < -0.3 is 10.5 Å². The summed E-state index contributed by atoms with van der Waals surface area (Å²) in [5.74, 6) is -2.05. The predicted octanol–water partition coefficient (Wildman–Crippen LogP) is 2.37.